The Labute approximate surface area is 124 Å². The van der Waals surface area contributed by atoms with E-state index in [1.54, 1.807) is 12.1 Å². The minimum Gasteiger partial charge on any atom is -0.384 e. The maximum absolute atomic E-state index is 12.6. The molecule has 1 aliphatic rings. The lowest BCUT2D eigenvalue weighted by Gasteiger charge is -2.25. The fourth-order valence-electron chi connectivity index (χ4n) is 2.28. The number of aliphatic hydroxyl groups excluding tert-OH is 1. The Kier molecular flexibility index (Phi) is 4.10. The van der Waals surface area contributed by atoms with E-state index in [1.807, 2.05) is 20.8 Å². The van der Waals surface area contributed by atoms with Crippen molar-refractivity contribution in [1.82, 2.24) is 4.98 Å². The molecule has 1 aliphatic heterocycles. The summed E-state index contributed by atoms with van der Waals surface area (Å²) >= 11 is 0. The molecule has 5 heteroatoms. The van der Waals surface area contributed by atoms with Gasteiger partial charge in [-0.1, -0.05) is 25.7 Å². The summed E-state index contributed by atoms with van der Waals surface area (Å²) in [5.41, 5.74) is -0.0845. The smallest absolute Gasteiger partial charge is 0.241 e. The second-order valence-corrected chi connectivity index (χ2v) is 5.65. The van der Waals surface area contributed by atoms with Crippen LogP contribution in [-0.4, -0.2) is 28.5 Å². The summed E-state index contributed by atoms with van der Waals surface area (Å²) in [6.07, 6.45) is 1.69. The van der Waals surface area contributed by atoms with E-state index in [0.717, 1.165) is 4.90 Å². The molecule has 2 heterocycles. The third kappa shape index (κ3) is 2.67. The van der Waals surface area contributed by atoms with Gasteiger partial charge in [-0.15, -0.1) is 0 Å². The monoisotopic (exact) mass is 286 g/mol. The topological polar surface area (TPSA) is 70.5 Å². The number of carbonyl (C=O) groups excluding carboxylic acids is 2. The van der Waals surface area contributed by atoms with Gasteiger partial charge >= 0.3 is 0 Å². The van der Waals surface area contributed by atoms with Crippen LogP contribution >= 0.6 is 0 Å². The van der Waals surface area contributed by atoms with E-state index in [4.69, 9.17) is 5.11 Å². The second kappa shape index (κ2) is 5.66. The molecular formula is C16H18N2O3. The molecule has 1 aromatic heterocycles. The zero-order valence-corrected chi connectivity index (χ0v) is 12.4. The number of amides is 2. The SMILES string of the molecule is CC(C)C1(C)CC(=O)N(c2cc(C#CCO)ccn2)C1=O. The van der Waals surface area contributed by atoms with Crippen molar-refractivity contribution in [3.8, 4) is 11.8 Å². The van der Waals surface area contributed by atoms with Crippen LogP contribution in [0.1, 0.15) is 32.8 Å². The van der Waals surface area contributed by atoms with Gasteiger partial charge in [-0.2, -0.15) is 0 Å². The van der Waals surface area contributed by atoms with Crippen molar-refractivity contribution in [2.75, 3.05) is 11.5 Å². The molecule has 1 aromatic rings. The lowest BCUT2D eigenvalue weighted by Crippen LogP contribution is -2.37. The predicted molar refractivity (Wildman–Crippen MR) is 78.3 cm³/mol. The summed E-state index contributed by atoms with van der Waals surface area (Å²) in [5, 5.41) is 8.71. The number of aromatic nitrogens is 1. The van der Waals surface area contributed by atoms with Crippen molar-refractivity contribution in [2.24, 2.45) is 11.3 Å². The fourth-order valence-corrected chi connectivity index (χ4v) is 2.28. The van der Waals surface area contributed by atoms with Crippen molar-refractivity contribution in [3.63, 3.8) is 0 Å². The normalized spacial score (nSPS) is 21.7. The van der Waals surface area contributed by atoms with Gasteiger partial charge < -0.3 is 5.11 Å². The third-order valence-electron chi connectivity index (χ3n) is 4.02. The highest BCUT2D eigenvalue weighted by Gasteiger charge is 2.50. The van der Waals surface area contributed by atoms with Gasteiger partial charge in [0, 0.05) is 18.2 Å². The van der Waals surface area contributed by atoms with E-state index in [0.29, 0.717) is 11.4 Å². The van der Waals surface area contributed by atoms with E-state index in [9.17, 15) is 9.59 Å². The van der Waals surface area contributed by atoms with Gasteiger partial charge in [0.15, 0.2) is 0 Å². The number of pyridine rings is 1. The number of rotatable bonds is 2. The molecule has 2 amide bonds. The van der Waals surface area contributed by atoms with Crippen LogP contribution in [0.5, 0.6) is 0 Å². The Hall–Kier alpha value is -2.19. The summed E-state index contributed by atoms with van der Waals surface area (Å²) in [4.78, 5) is 30.1. The van der Waals surface area contributed by atoms with Crippen molar-refractivity contribution < 1.29 is 14.7 Å². The molecule has 110 valence electrons. The largest absolute Gasteiger partial charge is 0.384 e. The van der Waals surface area contributed by atoms with Gasteiger partial charge in [-0.05, 0) is 25.0 Å². The molecule has 0 spiro atoms. The first-order chi connectivity index (χ1) is 9.90. The summed E-state index contributed by atoms with van der Waals surface area (Å²) in [6.45, 7) is 5.44. The molecule has 1 fully saturated rings. The van der Waals surface area contributed by atoms with Crippen LogP contribution in [0.25, 0.3) is 0 Å². The Balaban J connectivity index is 2.39. The zero-order valence-electron chi connectivity index (χ0n) is 12.4. The third-order valence-corrected chi connectivity index (χ3v) is 4.02. The first-order valence-electron chi connectivity index (χ1n) is 6.83. The van der Waals surface area contributed by atoms with Crippen LogP contribution in [0.15, 0.2) is 18.3 Å². The van der Waals surface area contributed by atoms with Crippen LogP contribution in [-0.2, 0) is 9.59 Å². The van der Waals surface area contributed by atoms with Gasteiger partial charge in [0.25, 0.3) is 0 Å². The van der Waals surface area contributed by atoms with Crippen molar-refractivity contribution in [1.29, 1.82) is 0 Å². The van der Waals surface area contributed by atoms with E-state index >= 15 is 0 Å². The van der Waals surface area contributed by atoms with Crippen LogP contribution in [0.2, 0.25) is 0 Å². The number of anilines is 1. The van der Waals surface area contributed by atoms with Gasteiger partial charge in [-0.25, -0.2) is 9.88 Å². The standard InChI is InChI=1S/C16H18N2O3/c1-11(2)16(3)10-14(20)18(15(16)21)13-9-12(5-4-8-19)6-7-17-13/h6-7,9,11,19H,8,10H2,1-3H3. The van der Waals surface area contributed by atoms with Crippen LogP contribution in [0.4, 0.5) is 5.82 Å². The molecule has 5 nitrogen and oxygen atoms in total. The molecule has 0 bridgehead atoms. The number of nitrogens with zero attached hydrogens (tertiary/aromatic N) is 2. The molecular weight excluding hydrogens is 268 g/mol. The van der Waals surface area contributed by atoms with Gasteiger partial charge in [0.05, 0.1) is 5.41 Å². The average Bonchev–Trinajstić information content (AvgIpc) is 2.68. The zero-order chi connectivity index (χ0) is 15.6. The van der Waals surface area contributed by atoms with Crippen LogP contribution in [0.3, 0.4) is 0 Å². The van der Waals surface area contributed by atoms with Crippen LogP contribution in [0, 0.1) is 23.2 Å². The Morgan fingerprint density at radius 1 is 1.48 bits per heavy atom. The van der Waals surface area contributed by atoms with Crippen molar-refractivity contribution >= 4 is 17.6 Å². The van der Waals surface area contributed by atoms with E-state index in [1.165, 1.54) is 6.20 Å². The maximum atomic E-state index is 12.6. The number of imide groups is 1. The number of hydrogen-bond donors (Lipinski definition) is 1. The highest BCUT2D eigenvalue weighted by atomic mass is 16.2. The van der Waals surface area contributed by atoms with Crippen molar-refractivity contribution in [3.05, 3.63) is 23.9 Å². The molecule has 0 aromatic carbocycles. The Morgan fingerprint density at radius 2 is 2.19 bits per heavy atom. The Bertz CT molecular complexity index is 642. The van der Waals surface area contributed by atoms with Crippen LogP contribution < -0.4 is 4.90 Å². The van der Waals surface area contributed by atoms with Gasteiger partial charge in [0.2, 0.25) is 11.8 Å². The van der Waals surface area contributed by atoms with E-state index < -0.39 is 5.41 Å². The molecule has 1 saturated heterocycles. The summed E-state index contributed by atoms with van der Waals surface area (Å²) in [5.74, 6) is 5.17. The second-order valence-electron chi connectivity index (χ2n) is 5.65. The molecule has 2 rings (SSSR count). The first kappa shape index (κ1) is 15.2. The summed E-state index contributed by atoms with van der Waals surface area (Å²) < 4.78 is 0. The highest BCUT2D eigenvalue weighted by Crippen LogP contribution is 2.40. The first-order valence-corrected chi connectivity index (χ1v) is 6.83. The molecule has 1 unspecified atom stereocenters. The minimum absolute atomic E-state index is 0.0660. The molecule has 0 saturated carbocycles. The van der Waals surface area contributed by atoms with Gasteiger partial charge in [-0.3, -0.25) is 9.59 Å². The maximum Gasteiger partial charge on any atom is 0.241 e. The van der Waals surface area contributed by atoms with Crippen molar-refractivity contribution in [2.45, 2.75) is 27.2 Å². The predicted octanol–water partition coefficient (Wildman–Crippen LogP) is 1.35. The summed E-state index contributed by atoms with van der Waals surface area (Å²) in [6, 6.07) is 3.25. The van der Waals surface area contributed by atoms with E-state index in [2.05, 4.69) is 16.8 Å². The molecule has 1 N–H and O–H groups in total. The minimum atomic E-state index is -0.689. The lowest BCUT2D eigenvalue weighted by molar-refractivity contribution is -0.126. The quantitative estimate of drug-likeness (QED) is 0.658. The number of carbonyl (C=O) groups is 2. The highest BCUT2D eigenvalue weighted by molar-refractivity contribution is 6.22. The van der Waals surface area contributed by atoms with E-state index in [-0.39, 0.29) is 30.8 Å². The molecule has 0 aliphatic carbocycles. The Morgan fingerprint density at radius 3 is 2.76 bits per heavy atom. The molecule has 21 heavy (non-hydrogen) atoms. The summed E-state index contributed by atoms with van der Waals surface area (Å²) in [7, 11) is 0. The fraction of sp³-hybridized carbons (Fsp3) is 0.438. The molecule has 0 radical (unpaired) electrons. The number of aliphatic hydroxyl groups is 1. The number of hydrogen-bond acceptors (Lipinski definition) is 4. The molecule has 1 atom stereocenters. The van der Waals surface area contributed by atoms with Gasteiger partial charge in [0.1, 0.15) is 12.4 Å². The average molecular weight is 286 g/mol. The lowest BCUT2D eigenvalue weighted by atomic mass is 9.78.